The monoisotopic (exact) mass is 361 g/mol. The Balaban J connectivity index is 1.73. The summed E-state index contributed by atoms with van der Waals surface area (Å²) < 4.78 is 33.7. The van der Waals surface area contributed by atoms with E-state index in [9.17, 15) is 13.2 Å². The molecule has 7 heteroatoms. The lowest BCUT2D eigenvalue weighted by molar-refractivity contribution is -0.128. The largest absolute Gasteiger partial charge is 0.376 e. The molecule has 5 nitrogen and oxygen atoms in total. The summed E-state index contributed by atoms with van der Waals surface area (Å²) in [5.41, 5.74) is -1.32. The number of ether oxygens (including phenoxy) is 1. The van der Waals surface area contributed by atoms with Gasteiger partial charge >= 0.3 is 0 Å². The maximum atomic E-state index is 12.7. The van der Waals surface area contributed by atoms with E-state index in [0.29, 0.717) is 25.3 Å². The summed E-state index contributed by atoms with van der Waals surface area (Å²) in [6.07, 6.45) is 3.07. The number of nitrogens with one attached hydrogen (secondary N) is 1. The highest BCUT2D eigenvalue weighted by molar-refractivity contribution is 7.99. The predicted molar refractivity (Wildman–Crippen MR) is 92.0 cm³/mol. The molecule has 0 spiro atoms. The predicted octanol–water partition coefficient (Wildman–Crippen LogP) is 1.82. The average molecular weight is 362 g/mol. The summed E-state index contributed by atoms with van der Waals surface area (Å²) in [6, 6.07) is 0. The van der Waals surface area contributed by atoms with Gasteiger partial charge in [0.25, 0.3) is 0 Å². The van der Waals surface area contributed by atoms with Crippen molar-refractivity contribution >= 4 is 27.6 Å². The molecule has 0 amide bonds. The molecule has 132 valence electrons. The molecule has 2 aliphatic carbocycles. The van der Waals surface area contributed by atoms with E-state index in [2.05, 4.69) is 18.6 Å². The molecule has 3 aliphatic rings. The summed E-state index contributed by atoms with van der Waals surface area (Å²) in [5, 5.41) is 0. The Bertz CT molecular complexity index is 595. The molecule has 0 aromatic rings. The van der Waals surface area contributed by atoms with Crippen molar-refractivity contribution in [2.75, 3.05) is 30.9 Å². The topological polar surface area (TPSA) is 72.5 Å². The third-order valence-corrected chi connectivity index (χ3v) is 9.37. The van der Waals surface area contributed by atoms with Crippen LogP contribution in [-0.4, -0.2) is 50.7 Å². The quantitative estimate of drug-likeness (QED) is 0.781. The minimum atomic E-state index is -3.51. The van der Waals surface area contributed by atoms with Gasteiger partial charge in [-0.2, -0.15) is 11.8 Å². The summed E-state index contributed by atoms with van der Waals surface area (Å²) in [6.45, 7) is 4.43. The standard InChI is InChI=1S/C16H27NO4S2/c1-14(2)12-4-5-16(14,13(18)8-12)11-23(19,20)17-9-15(21-3)6-7-22-10-15/h12,17H,4-11H2,1-3H3/t12-,15+,16-/m0/s1. The molecule has 3 rings (SSSR count). The van der Waals surface area contributed by atoms with Gasteiger partial charge in [-0.15, -0.1) is 0 Å². The number of carbonyl (C=O) groups excluding carboxylic acids is 1. The zero-order valence-corrected chi connectivity index (χ0v) is 15.8. The van der Waals surface area contributed by atoms with Crippen molar-refractivity contribution in [3.05, 3.63) is 0 Å². The highest BCUT2D eigenvalue weighted by atomic mass is 32.2. The van der Waals surface area contributed by atoms with Gasteiger partial charge < -0.3 is 4.74 Å². The van der Waals surface area contributed by atoms with Gasteiger partial charge in [0, 0.05) is 31.2 Å². The smallest absolute Gasteiger partial charge is 0.212 e. The molecule has 0 aromatic heterocycles. The van der Waals surface area contributed by atoms with E-state index in [1.54, 1.807) is 18.9 Å². The fourth-order valence-corrected chi connectivity index (χ4v) is 7.99. The lowest BCUT2D eigenvalue weighted by Gasteiger charge is -2.36. The number of ketones is 1. The average Bonchev–Trinajstić information content (AvgIpc) is 3.09. The lowest BCUT2D eigenvalue weighted by atomic mass is 9.70. The first kappa shape index (κ1) is 17.7. The molecule has 3 atom stereocenters. The van der Waals surface area contributed by atoms with E-state index in [4.69, 9.17) is 4.74 Å². The number of thioether (sulfide) groups is 1. The summed E-state index contributed by atoms with van der Waals surface area (Å²) in [4.78, 5) is 12.5. The van der Waals surface area contributed by atoms with Gasteiger partial charge in [0.05, 0.1) is 11.4 Å². The van der Waals surface area contributed by atoms with Gasteiger partial charge in [-0.05, 0) is 36.3 Å². The lowest BCUT2D eigenvalue weighted by Crippen LogP contribution is -2.49. The Labute approximate surface area is 143 Å². The second-order valence-corrected chi connectivity index (χ2v) is 10.8. The van der Waals surface area contributed by atoms with E-state index in [0.717, 1.165) is 24.3 Å². The van der Waals surface area contributed by atoms with Crippen LogP contribution in [0.4, 0.5) is 0 Å². The number of fused-ring (bicyclic) bond motifs is 2. The Morgan fingerprint density at radius 2 is 2.09 bits per heavy atom. The van der Waals surface area contributed by atoms with E-state index in [1.165, 1.54) is 0 Å². The summed E-state index contributed by atoms with van der Waals surface area (Å²) >= 11 is 1.79. The van der Waals surface area contributed by atoms with Gasteiger partial charge in [-0.3, -0.25) is 4.79 Å². The fraction of sp³-hybridized carbons (Fsp3) is 0.938. The van der Waals surface area contributed by atoms with Crippen molar-refractivity contribution in [3.63, 3.8) is 0 Å². The van der Waals surface area contributed by atoms with E-state index in [-0.39, 0.29) is 17.0 Å². The third-order valence-electron chi connectivity index (χ3n) is 6.69. The van der Waals surface area contributed by atoms with Crippen LogP contribution in [0.15, 0.2) is 0 Å². The third kappa shape index (κ3) is 2.77. The van der Waals surface area contributed by atoms with Gasteiger partial charge in [-0.1, -0.05) is 13.8 Å². The Kier molecular flexibility index (Phi) is 4.40. The van der Waals surface area contributed by atoms with Gasteiger partial charge in [-0.25, -0.2) is 13.1 Å². The second kappa shape index (κ2) is 5.71. The molecule has 3 fully saturated rings. The van der Waals surface area contributed by atoms with Crippen LogP contribution in [0.25, 0.3) is 0 Å². The normalized spacial score (nSPS) is 39.3. The minimum absolute atomic E-state index is 0.0741. The first-order chi connectivity index (χ1) is 10.7. The molecule has 0 aromatic carbocycles. The van der Waals surface area contributed by atoms with Crippen LogP contribution in [0, 0.1) is 16.7 Å². The minimum Gasteiger partial charge on any atom is -0.376 e. The van der Waals surface area contributed by atoms with Crippen molar-refractivity contribution in [2.45, 2.75) is 45.1 Å². The highest BCUT2D eigenvalue weighted by Crippen LogP contribution is 2.64. The maximum Gasteiger partial charge on any atom is 0.212 e. The summed E-state index contributed by atoms with van der Waals surface area (Å²) in [5.74, 6) is 2.20. The summed E-state index contributed by atoms with van der Waals surface area (Å²) in [7, 11) is -1.87. The molecule has 1 aliphatic heterocycles. The molecule has 2 bridgehead atoms. The molecule has 1 saturated heterocycles. The van der Waals surface area contributed by atoms with Gasteiger partial charge in [0.1, 0.15) is 5.78 Å². The molecule has 0 unspecified atom stereocenters. The molecule has 1 N–H and O–H groups in total. The van der Waals surface area contributed by atoms with Gasteiger partial charge in [0.15, 0.2) is 0 Å². The Morgan fingerprint density at radius 1 is 1.35 bits per heavy atom. The van der Waals surface area contributed by atoms with Gasteiger partial charge in [0.2, 0.25) is 10.0 Å². The highest BCUT2D eigenvalue weighted by Gasteiger charge is 2.65. The van der Waals surface area contributed by atoms with Crippen molar-refractivity contribution in [2.24, 2.45) is 16.7 Å². The number of hydrogen-bond donors (Lipinski definition) is 1. The van der Waals surface area contributed by atoms with Crippen LogP contribution in [0.3, 0.4) is 0 Å². The number of methoxy groups -OCH3 is 1. The van der Waals surface area contributed by atoms with Crippen LogP contribution < -0.4 is 4.72 Å². The van der Waals surface area contributed by atoms with Crippen molar-refractivity contribution in [3.8, 4) is 0 Å². The van der Waals surface area contributed by atoms with Crippen molar-refractivity contribution < 1.29 is 17.9 Å². The maximum absolute atomic E-state index is 12.7. The van der Waals surface area contributed by atoms with Crippen LogP contribution in [-0.2, 0) is 19.6 Å². The number of hydrogen-bond acceptors (Lipinski definition) is 5. The van der Waals surface area contributed by atoms with Crippen LogP contribution in [0.1, 0.15) is 39.5 Å². The zero-order valence-electron chi connectivity index (χ0n) is 14.2. The van der Waals surface area contributed by atoms with Crippen molar-refractivity contribution in [1.29, 1.82) is 0 Å². The van der Waals surface area contributed by atoms with Crippen LogP contribution in [0.5, 0.6) is 0 Å². The molecule has 23 heavy (non-hydrogen) atoms. The SMILES string of the molecule is CO[C@@]1(CNS(=O)(=O)C[C@@]23CC[C@@H](CC2=O)C3(C)C)CCSC1. The molecular weight excluding hydrogens is 334 g/mol. The molecule has 0 radical (unpaired) electrons. The Hall–Kier alpha value is -0.110. The van der Waals surface area contributed by atoms with Crippen LogP contribution >= 0.6 is 11.8 Å². The fourth-order valence-electron chi connectivity index (χ4n) is 4.69. The Morgan fingerprint density at radius 3 is 2.57 bits per heavy atom. The number of carbonyl (C=O) groups is 1. The molecule has 1 heterocycles. The number of rotatable bonds is 6. The number of Topliss-reactive ketones (excluding diaryl/α,β-unsaturated/α-hetero) is 1. The molecular formula is C16H27NO4S2. The number of sulfonamides is 1. The first-order valence-corrected chi connectivity index (χ1v) is 11.1. The second-order valence-electron chi connectivity index (χ2n) is 7.94. The zero-order chi connectivity index (χ0) is 16.9. The van der Waals surface area contributed by atoms with Crippen LogP contribution in [0.2, 0.25) is 0 Å². The molecule has 2 saturated carbocycles. The van der Waals surface area contributed by atoms with E-state index < -0.39 is 21.0 Å². The first-order valence-electron chi connectivity index (χ1n) is 8.30. The van der Waals surface area contributed by atoms with E-state index in [1.807, 2.05) is 0 Å². The van der Waals surface area contributed by atoms with Crippen molar-refractivity contribution in [1.82, 2.24) is 4.72 Å². The van der Waals surface area contributed by atoms with E-state index >= 15 is 0 Å².